The van der Waals surface area contributed by atoms with E-state index in [1.807, 2.05) is 0 Å². The minimum absolute atomic E-state index is 0.139. The van der Waals surface area contributed by atoms with E-state index in [0.717, 1.165) is 4.90 Å². The number of amides is 1. The summed E-state index contributed by atoms with van der Waals surface area (Å²) in [6, 6.07) is 1.70. The Bertz CT molecular complexity index is 444. The maximum atomic E-state index is 12.3. The lowest BCUT2D eigenvalue weighted by Crippen LogP contribution is -2.46. The Balaban J connectivity index is 1.76. The monoisotopic (exact) mass is 288 g/mol. The van der Waals surface area contributed by atoms with E-state index in [9.17, 15) is 18.0 Å². The van der Waals surface area contributed by atoms with Gasteiger partial charge in [-0.2, -0.15) is 13.2 Å². The molecule has 0 atom stereocenters. The van der Waals surface area contributed by atoms with Gasteiger partial charge >= 0.3 is 12.1 Å². The lowest BCUT2D eigenvalue weighted by atomic mass is 9.97. The fourth-order valence-corrected chi connectivity index (χ4v) is 2.15. The number of likely N-dealkylation sites (tertiary alicyclic amines) is 1. The molecular weight excluding hydrogens is 273 g/mol. The van der Waals surface area contributed by atoms with Crippen molar-refractivity contribution in [3.63, 3.8) is 0 Å². The third-order valence-electron chi connectivity index (χ3n) is 3.26. The van der Waals surface area contributed by atoms with Crippen molar-refractivity contribution in [2.75, 3.05) is 25.0 Å². The van der Waals surface area contributed by atoms with Gasteiger partial charge in [0.25, 0.3) is 0 Å². The van der Waals surface area contributed by atoms with Crippen LogP contribution < -0.4 is 5.32 Å². The minimum atomic E-state index is -4.77. The number of piperidine rings is 1. The van der Waals surface area contributed by atoms with Gasteiger partial charge in [-0.1, -0.05) is 0 Å². The summed E-state index contributed by atoms with van der Waals surface area (Å²) in [5.41, 5.74) is 0. The standard InChI is InChI=1S/C12H15F3N4O/c13-12(14,15)10(20)19-6-2-9(3-7-19)8-18-11-16-4-1-5-17-11/h1,4-5,9H,2-3,6-8H2,(H,16,17,18). The molecule has 0 spiro atoms. The number of nitrogens with zero attached hydrogens (tertiary/aromatic N) is 3. The Morgan fingerprint density at radius 3 is 2.45 bits per heavy atom. The Hall–Kier alpha value is -1.86. The first kappa shape index (κ1) is 14.5. The van der Waals surface area contributed by atoms with E-state index in [1.54, 1.807) is 18.5 Å². The maximum absolute atomic E-state index is 12.3. The minimum Gasteiger partial charge on any atom is -0.354 e. The van der Waals surface area contributed by atoms with Crippen molar-refractivity contribution in [2.45, 2.75) is 19.0 Å². The molecule has 0 radical (unpaired) electrons. The van der Waals surface area contributed by atoms with Crippen LogP contribution in [0.3, 0.4) is 0 Å². The van der Waals surface area contributed by atoms with Crippen LogP contribution in [-0.4, -0.2) is 46.6 Å². The third-order valence-corrected chi connectivity index (χ3v) is 3.26. The fraction of sp³-hybridized carbons (Fsp3) is 0.583. The average Bonchev–Trinajstić information content (AvgIpc) is 2.45. The number of rotatable bonds is 3. The smallest absolute Gasteiger partial charge is 0.354 e. The summed E-state index contributed by atoms with van der Waals surface area (Å²) in [6.07, 6.45) is -0.466. The Kier molecular flexibility index (Phi) is 4.41. The lowest BCUT2D eigenvalue weighted by molar-refractivity contribution is -0.186. The van der Waals surface area contributed by atoms with Crippen molar-refractivity contribution in [2.24, 2.45) is 5.92 Å². The highest BCUT2D eigenvalue weighted by Gasteiger charge is 2.43. The molecule has 1 aliphatic heterocycles. The molecule has 20 heavy (non-hydrogen) atoms. The molecule has 5 nitrogen and oxygen atoms in total. The first-order valence-electron chi connectivity index (χ1n) is 6.34. The van der Waals surface area contributed by atoms with Crippen LogP contribution in [0.4, 0.5) is 19.1 Å². The van der Waals surface area contributed by atoms with Gasteiger partial charge in [0.05, 0.1) is 0 Å². The molecular formula is C12H15F3N4O. The van der Waals surface area contributed by atoms with Crippen LogP contribution in [0.5, 0.6) is 0 Å². The van der Waals surface area contributed by atoms with Crippen LogP contribution in [0.15, 0.2) is 18.5 Å². The van der Waals surface area contributed by atoms with E-state index in [0.29, 0.717) is 25.3 Å². The molecule has 1 aromatic heterocycles. The number of alkyl halides is 3. The molecule has 2 heterocycles. The van der Waals surface area contributed by atoms with Gasteiger partial charge < -0.3 is 10.2 Å². The Morgan fingerprint density at radius 2 is 1.90 bits per heavy atom. The van der Waals surface area contributed by atoms with Crippen molar-refractivity contribution < 1.29 is 18.0 Å². The summed E-state index contributed by atoms with van der Waals surface area (Å²) in [6.45, 7) is 0.874. The first-order chi connectivity index (χ1) is 9.47. The van der Waals surface area contributed by atoms with Gasteiger partial charge in [0.15, 0.2) is 0 Å². The van der Waals surface area contributed by atoms with Gasteiger partial charge in [-0.05, 0) is 24.8 Å². The summed E-state index contributed by atoms with van der Waals surface area (Å²) in [4.78, 5) is 19.9. The predicted molar refractivity (Wildman–Crippen MR) is 65.9 cm³/mol. The molecule has 1 amide bonds. The second-order valence-corrected chi connectivity index (χ2v) is 4.69. The second-order valence-electron chi connectivity index (χ2n) is 4.69. The predicted octanol–water partition coefficient (Wildman–Crippen LogP) is 1.69. The number of hydrogen-bond donors (Lipinski definition) is 1. The van der Waals surface area contributed by atoms with Crippen molar-refractivity contribution >= 4 is 11.9 Å². The molecule has 0 bridgehead atoms. The summed E-state index contributed by atoms with van der Waals surface area (Å²) < 4.78 is 36.8. The summed E-state index contributed by atoms with van der Waals surface area (Å²) in [5, 5.41) is 3.04. The largest absolute Gasteiger partial charge is 0.471 e. The van der Waals surface area contributed by atoms with E-state index in [4.69, 9.17) is 0 Å². The van der Waals surface area contributed by atoms with E-state index in [1.165, 1.54) is 0 Å². The number of nitrogens with one attached hydrogen (secondary N) is 1. The van der Waals surface area contributed by atoms with E-state index >= 15 is 0 Å². The van der Waals surface area contributed by atoms with Crippen molar-refractivity contribution in [1.82, 2.24) is 14.9 Å². The van der Waals surface area contributed by atoms with Crippen LogP contribution in [0.25, 0.3) is 0 Å². The first-order valence-corrected chi connectivity index (χ1v) is 6.34. The molecule has 1 aliphatic rings. The van der Waals surface area contributed by atoms with E-state index < -0.39 is 12.1 Å². The molecule has 0 unspecified atom stereocenters. The number of halogens is 3. The fourth-order valence-electron chi connectivity index (χ4n) is 2.15. The van der Waals surface area contributed by atoms with Crippen LogP contribution >= 0.6 is 0 Å². The summed E-state index contributed by atoms with van der Waals surface area (Å²) in [7, 11) is 0. The van der Waals surface area contributed by atoms with E-state index in [-0.39, 0.29) is 19.0 Å². The normalized spacial score (nSPS) is 17.1. The molecule has 1 saturated heterocycles. The van der Waals surface area contributed by atoms with Crippen LogP contribution in [-0.2, 0) is 4.79 Å². The molecule has 0 saturated carbocycles. The maximum Gasteiger partial charge on any atom is 0.471 e. The summed E-state index contributed by atoms with van der Waals surface area (Å²) >= 11 is 0. The number of carbonyl (C=O) groups excluding carboxylic acids is 1. The highest BCUT2D eigenvalue weighted by molar-refractivity contribution is 5.81. The third kappa shape index (κ3) is 3.82. The van der Waals surface area contributed by atoms with Crippen molar-refractivity contribution in [3.8, 4) is 0 Å². The van der Waals surface area contributed by atoms with Gasteiger partial charge in [0, 0.05) is 32.0 Å². The number of carbonyl (C=O) groups is 1. The Morgan fingerprint density at radius 1 is 1.30 bits per heavy atom. The quantitative estimate of drug-likeness (QED) is 0.919. The van der Waals surface area contributed by atoms with Crippen molar-refractivity contribution in [3.05, 3.63) is 18.5 Å². The molecule has 1 N–H and O–H groups in total. The number of aromatic nitrogens is 2. The zero-order valence-corrected chi connectivity index (χ0v) is 10.7. The molecule has 8 heteroatoms. The zero-order valence-electron chi connectivity index (χ0n) is 10.7. The van der Waals surface area contributed by atoms with Crippen LogP contribution in [0.2, 0.25) is 0 Å². The molecule has 2 rings (SSSR count). The highest BCUT2D eigenvalue weighted by Crippen LogP contribution is 2.23. The molecule has 0 aliphatic carbocycles. The molecule has 1 fully saturated rings. The molecule has 0 aromatic carbocycles. The van der Waals surface area contributed by atoms with E-state index in [2.05, 4.69) is 15.3 Å². The Labute approximate surface area is 114 Å². The van der Waals surface area contributed by atoms with Crippen LogP contribution in [0, 0.1) is 5.92 Å². The van der Waals surface area contributed by atoms with Gasteiger partial charge in [0.2, 0.25) is 5.95 Å². The average molecular weight is 288 g/mol. The summed E-state index contributed by atoms with van der Waals surface area (Å²) in [5.74, 6) is -1.02. The lowest BCUT2D eigenvalue weighted by Gasteiger charge is -2.32. The topological polar surface area (TPSA) is 58.1 Å². The van der Waals surface area contributed by atoms with Gasteiger partial charge in [-0.25, -0.2) is 9.97 Å². The number of hydrogen-bond acceptors (Lipinski definition) is 4. The van der Waals surface area contributed by atoms with Gasteiger partial charge in [-0.15, -0.1) is 0 Å². The van der Waals surface area contributed by atoms with Gasteiger partial charge in [0.1, 0.15) is 0 Å². The number of anilines is 1. The van der Waals surface area contributed by atoms with Crippen molar-refractivity contribution in [1.29, 1.82) is 0 Å². The SMILES string of the molecule is O=C(N1CCC(CNc2ncccn2)CC1)C(F)(F)F. The van der Waals surface area contributed by atoms with Crippen LogP contribution in [0.1, 0.15) is 12.8 Å². The second kappa shape index (κ2) is 6.06. The molecule has 110 valence electrons. The zero-order chi connectivity index (χ0) is 14.6. The van der Waals surface area contributed by atoms with Gasteiger partial charge in [-0.3, -0.25) is 4.79 Å². The molecule has 1 aromatic rings. The highest BCUT2D eigenvalue weighted by atomic mass is 19.4.